The summed E-state index contributed by atoms with van der Waals surface area (Å²) in [5.41, 5.74) is 3.76. The second kappa shape index (κ2) is 6.03. The van der Waals surface area contributed by atoms with Gasteiger partial charge in [-0.2, -0.15) is 0 Å². The lowest BCUT2D eigenvalue weighted by molar-refractivity contribution is 0.342. The predicted octanol–water partition coefficient (Wildman–Crippen LogP) is 4.08. The van der Waals surface area contributed by atoms with E-state index >= 15 is 0 Å². The van der Waals surface area contributed by atoms with Gasteiger partial charge in [-0.05, 0) is 30.8 Å². The van der Waals surface area contributed by atoms with Crippen LogP contribution < -0.4 is 0 Å². The molecule has 18 heavy (non-hydrogen) atoms. The van der Waals surface area contributed by atoms with E-state index in [0.717, 1.165) is 5.56 Å². The standard InChI is InChI=1S/C16H18ClN/c1-18(2)16(14-6-4-3-5-7-14)15-10-8-13(12-17)9-11-15/h3-11,16H,12H2,1-2H3. The van der Waals surface area contributed by atoms with Crippen LogP contribution in [0.3, 0.4) is 0 Å². The van der Waals surface area contributed by atoms with Crippen molar-refractivity contribution in [2.24, 2.45) is 0 Å². The third-order valence-electron chi connectivity index (χ3n) is 3.08. The van der Waals surface area contributed by atoms with Crippen LogP contribution >= 0.6 is 11.6 Å². The SMILES string of the molecule is CN(C)C(c1ccccc1)c1ccc(CCl)cc1. The first-order valence-electron chi connectivity index (χ1n) is 6.08. The van der Waals surface area contributed by atoms with E-state index < -0.39 is 0 Å². The highest BCUT2D eigenvalue weighted by atomic mass is 35.5. The molecule has 0 bridgehead atoms. The fraction of sp³-hybridized carbons (Fsp3) is 0.250. The van der Waals surface area contributed by atoms with Crippen LogP contribution in [0.1, 0.15) is 22.7 Å². The molecule has 1 nitrogen and oxygen atoms in total. The van der Waals surface area contributed by atoms with E-state index in [2.05, 4.69) is 67.5 Å². The van der Waals surface area contributed by atoms with Gasteiger partial charge < -0.3 is 0 Å². The first-order chi connectivity index (χ1) is 8.72. The van der Waals surface area contributed by atoms with Crippen LogP contribution in [0.15, 0.2) is 54.6 Å². The Labute approximate surface area is 114 Å². The average molecular weight is 260 g/mol. The van der Waals surface area contributed by atoms with E-state index in [4.69, 9.17) is 11.6 Å². The van der Waals surface area contributed by atoms with E-state index in [9.17, 15) is 0 Å². The Kier molecular flexibility index (Phi) is 4.40. The normalized spacial score (nSPS) is 12.7. The number of rotatable bonds is 4. The van der Waals surface area contributed by atoms with Gasteiger partial charge in [-0.15, -0.1) is 11.6 Å². The third kappa shape index (κ3) is 2.92. The number of hydrogen-bond acceptors (Lipinski definition) is 1. The number of nitrogens with zero attached hydrogens (tertiary/aromatic N) is 1. The van der Waals surface area contributed by atoms with Crippen LogP contribution in [0.4, 0.5) is 0 Å². The molecule has 2 heteroatoms. The molecule has 1 unspecified atom stereocenters. The lowest BCUT2D eigenvalue weighted by Gasteiger charge is -2.25. The average Bonchev–Trinajstić information content (AvgIpc) is 2.40. The summed E-state index contributed by atoms with van der Waals surface area (Å²) in [5, 5.41) is 0. The van der Waals surface area contributed by atoms with E-state index in [1.54, 1.807) is 0 Å². The molecule has 0 N–H and O–H groups in total. The van der Waals surface area contributed by atoms with Gasteiger partial charge in [0, 0.05) is 5.88 Å². The molecular weight excluding hydrogens is 242 g/mol. The molecule has 0 aliphatic carbocycles. The number of benzene rings is 2. The Bertz CT molecular complexity index is 476. The summed E-state index contributed by atoms with van der Waals surface area (Å²) in [6, 6.07) is 19.4. The minimum absolute atomic E-state index is 0.288. The van der Waals surface area contributed by atoms with E-state index in [1.807, 2.05) is 6.07 Å². The lowest BCUT2D eigenvalue weighted by Crippen LogP contribution is -2.20. The molecule has 0 aliphatic rings. The van der Waals surface area contributed by atoms with Gasteiger partial charge in [0.05, 0.1) is 6.04 Å². The summed E-state index contributed by atoms with van der Waals surface area (Å²) in [7, 11) is 4.21. The van der Waals surface area contributed by atoms with Crippen molar-refractivity contribution in [3.8, 4) is 0 Å². The molecule has 1 atom stereocenters. The molecule has 0 saturated heterocycles. The maximum Gasteiger partial charge on any atom is 0.0596 e. The lowest BCUT2D eigenvalue weighted by atomic mass is 9.97. The molecule has 0 aliphatic heterocycles. The summed E-state index contributed by atoms with van der Waals surface area (Å²) >= 11 is 5.83. The van der Waals surface area contributed by atoms with Gasteiger partial charge in [0.1, 0.15) is 0 Å². The Morgan fingerprint density at radius 2 is 1.44 bits per heavy atom. The van der Waals surface area contributed by atoms with E-state index in [1.165, 1.54) is 11.1 Å². The van der Waals surface area contributed by atoms with E-state index in [-0.39, 0.29) is 6.04 Å². The van der Waals surface area contributed by atoms with Gasteiger partial charge in [0.15, 0.2) is 0 Å². The Morgan fingerprint density at radius 3 is 1.94 bits per heavy atom. The Balaban J connectivity index is 2.36. The third-order valence-corrected chi connectivity index (χ3v) is 3.39. The largest absolute Gasteiger partial charge is 0.299 e. The molecule has 0 radical (unpaired) electrons. The fourth-order valence-electron chi connectivity index (χ4n) is 2.21. The summed E-state index contributed by atoms with van der Waals surface area (Å²) in [6.45, 7) is 0. The first kappa shape index (κ1) is 13.1. The summed E-state index contributed by atoms with van der Waals surface area (Å²) < 4.78 is 0. The molecule has 2 aromatic rings. The van der Waals surface area contributed by atoms with Crippen LogP contribution in [0.2, 0.25) is 0 Å². The van der Waals surface area contributed by atoms with Gasteiger partial charge in [0.2, 0.25) is 0 Å². The van der Waals surface area contributed by atoms with Gasteiger partial charge in [-0.3, -0.25) is 4.90 Å². The van der Waals surface area contributed by atoms with Crippen molar-refractivity contribution in [3.63, 3.8) is 0 Å². The Hall–Kier alpha value is -1.31. The van der Waals surface area contributed by atoms with Crippen molar-refractivity contribution in [1.29, 1.82) is 0 Å². The highest BCUT2D eigenvalue weighted by Gasteiger charge is 2.15. The molecule has 0 amide bonds. The topological polar surface area (TPSA) is 3.24 Å². The fourth-order valence-corrected chi connectivity index (χ4v) is 2.39. The van der Waals surface area contributed by atoms with Crippen molar-refractivity contribution in [2.45, 2.75) is 11.9 Å². The molecule has 2 rings (SSSR count). The first-order valence-corrected chi connectivity index (χ1v) is 6.62. The minimum atomic E-state index is 0.288. The number of hydrogen-bond donors (Lipinski definition) is 0. The second-order valence-electron chi connectivity index (χ2n) is 4.65. The molecule has 0 heterocycles. The summed E-state index contributed by atoms with van der Waals surface area (Å²) in [6.07, 6.45) is 0. The highest BCUT2D eigenvalue weighted by molar-refractivity contribution is 6.17. The smallest absolute Gasteiger partial charge is 0.0596 e. The zero-order valence-corrected chi connectivity index (χ0v) is 11.6. The van der Waals surface area contributed by atoms with Crippen molar-refractivity contribution in [3.05, 3.63) is 71.3 Å². The monoisotopic (exact) mass is 259 g/mol. The van der Waals surface area contributed by atoms with Gasteiger partial charge in [0.25, 0.3) is 0 Å². The molecular formula is C16H18ClN. The molecule has 0 fully saturated rings. The van der Waals surface area contributed by atoms with Crippen molar-refractivity contribution in [1.82, 2.24) is 4.90 Å². The molecule has 0 aromatic heterocycles. The second-order valence-corrected chi connectivity index (χ2v) is 4.92. The quantitative estimate of drug-likeness (QED) is 0.748. The highest BCUT2D eigenvalue weighted by Crippen LogP contribution is 2.26. The number of halogens is 1. The maximum atomic E-state index is 5.83. The van der Waals surface area contributed by atoms with Crippen LogP contribution in [-0.4, -0.2) is 19.0 Å². The van der Waals surface area contributed by atoms with Crippen LogP contribution in [0, 0.1) is 0 Å². The maximum absolute atomic E-state index is 5.83. The zero-order chi connectivity index (χ0) is 13.0. The minimum Gasteiger partial charge on any atom is -0.299 e. The predicted molar refractivity (Wildman–Crippen MR) is 78.0 cm³/mol. The molecule has 0 saturated carbocycles. The summed E-state index contributed by atoms with van der Waals surface area (Å²) in [4.78, 5) is 2.23. The summed E-state index contributed by atoms with van der Waals surface area (Å²) in [5.74, 6) is 0.568. The van der Waals surface area contributed by atoms with Gasteiger partial charge in [-0.25, -0.2) is 0 Å². The van der Waals surface area contributed by atoms with Crippen molar-refractivity contribution in [2.75, 3.05) is 14.1 Å². The van der Waals surface area contributed by atoms with Crippen molar-refractivity contribution >= 4 is 11.6 Å². The van der Waals surface area contributed by atoms with Crippen molar-refractivity contribution < 1.29 is 0 Å². The molecule has 2 aromatic carbocycles. The van der Waals surface area contributed by atoms with Crippen LogP contribution in [-0.2, 0) is 5.88 Å². The zero-order valence-electron chi connectivity index (χ0n) is 10.8. The Morgan fingerprint density at radius 1 is 0.889 bits per heavy atom. The van der Waals surface area contributed by atoms with Crippen LogP contribution in [0.5, 0.6) is 0 Å². The molecule has 0 spiro atoms. The number of alkyl halides is 1. The van der Waals surface area contributed by atoms with Gasteiger partial charge in [-0.1, -0.05) is 54.6 Å². The molecule has 94 valence electrons. The van der Waals surface area contributed by atoms with Gasteiger partial charge >= 0.3 is 0 Å². The van der Waals surface area contributed by atoms with Crippen LogP contribution in [0.25, 0.3) is 0 Å². The van der Waals surface area contributed by atoms with E-state index in [0.29, 0.717) is 5.88 Å².